The Hall–Kier alpha value is -0.860. The van der Waals surface area contributed by atoms with Crippen molar-refractivity contribution in [1.29, 1.82) is 0 Å². The van der Waals surface area contributed by atoms with Crippen LogP contribution in [0.1, 0.15) is 70.9 Å². The number of nitrogens with zero attached hydrogens (tertiary/aromatic N) is 3. The minimum atomic E-state index is 0. The molecule has 2 aliphatic rings. The van der Waals surface area contributed by atoms with Crippen molar-refractivity contribution in [3.63, 3.8) is 0 Å². The van der Waals surface area contributed by atoms with Crippen molar-refractivity contribution in [1.82, 2.24) is 20.4 Å². The molecule has 0 spiro atoms. The van der Waals surface area contributed by atoms with Crippen LogP contribution in [0.4, 0.5) is 0 Å². The average molecular weight is 542 g/mol. The molecule has 176 valence electrons. The molecule has 2 N–H and O–H groups in total. The number of halogens is 1. The highest BCUT2D eigenvalue weighted by Gasteiger charge is 2.21. The number of rotatable bonds is 7. The van der Waals surface area contributed by atoms with E-state index >= 15 is 0 Å². The van der Waals surface area contributed by atoms with E-state index in [-0.39, 0.29) is 24.0 Å². The highest BCUT2D eigenvalue weighted by atomic mass is 127. The molecule has 5 nitrogen and oxygen atoms in total. The minimum Gasteiger partial charge on any atom is -0.357 e. The molecule has 2 saturated heterocycles. The molecule has 0 saturated carbocycles. The normalized spacial score (nSPS) is 21.7. The van der Waals surface area contributed by atoms with E-state index in [4.69, 9.17) is 4.99 Å². The molecule has 6 heteroatoms. The molecule has 0 aromatic heterocycles. The first-order chi connectivity index (χ1) is 14.5. The number of nitrogens with one attached hydrogen (secondary N) is 2. The fourth-order valence-corrected chi connectivity index (χ4v) is 4.62. The summed E-state index contributed by atoms with van der Waals surface area (Å²) >= 11 is 0. The Morgan fingerprint density at radius 3 is 2.32 bits per heavy atom. The summed E-state index contributed by atoms with van der Waals surface area (Å²) in [6, 6.07) is 10.9. The molecule has 0 aliphatic carbocycles. The van der Waals surface area contributed by atoms with Crippen LogP contribution in [0.2, 0.25) is 0 Å². The fraction of sp³-hybridized carbons (Fsp3) is 0.720. The zero-order chi connectivity index (χ0) is 21.3. The first-order valence-electron chi connectivity index (χ1n) is 12.2. The van der Waals surface area contributed by atoms with Gasteiger partial charge in [-0.3, -0.25) is 4.90 Å². The Bertz CT molecular complexity index is 652. The van der Waals surface area contributed by atoms with Gasteiger partial charge in [0.05, 0.1) is 6.54 Å². The number of guanidine groups is 1. The van der Waals surface area contributed by atoms with Crippen LogP contribution < -0.4 is 10.6 Å². The highest BCUT2D eigenvalue weighted by Crippen LogP contribution is 2.19. The van der Waals surface area contributed by atoms with Crippen molar-refractivity contribution in [3.05, 3.63) is 35.4 Å². The third-order valence-corrected chi connectivity index (χ3v) is 6.71. The van der Waals surface area contributed by atoms with Crippen molar-refractivity contribution in [2.45, 2.75) is 91.0 Å². The topological polar surface area (TPSA) is 42.9 Å². The van der Waals surface area contributed by atoms with Gasteiger partial charge in [-0.25, -0.2) is 4.99 Å². The fourth-order valence-electron chi connectivity index (χ4n) is 4.62. The molecule has 2 aliphatic heterocycles. The second-order valence-corrected chi connectivity index (χ2v) is 9.38. The number of hydrogen-bond donors (Lipinski definition) is 2. The van der Waals surface area contributed by atoms with Crippen LogP contribution in [0.3, 0.4) is 0 Å². The van der Waals surface area contributed by atoms with Crippen molar-refractivity contribution < 1.29 is 0 Å². The van der Waals surface area contributed by atoms with E-state index in [9.17, 15) is 0 Å². The summed E-state index contributed by atoms with van der Waals surface area (Å²) in [5, 5.41) is 7.09. The van der Waals surface area contributed by atoms with Gasteiger partial charge in [0, 0.05) is 44.3 Å². The Balaban J connectivity index is 0.00000341. The van der Waals surface area contributed by atoms with E-state index in [1.165, 1.54) is 62.9 Å². The first kappa shape index (κ1) is 26.4. The molecule has 0 radical (unpaired) electrons. The molecule has 1 aromatic carbocycles. The lowest BCUT2D eigenvalue weighted by molar-refractivity contribution is 0.152. The molecule has 31 heavy (non-hydrogen) atoms. The van der Waals surface area contributed by atoms with Gasteiger partial charge in [0.1, 0.15) is 0 Å². The first-order valence-corrected chi connectivity index (χ1v) is 12.2. The maximum atomic E-state index is 4.86. The smallest absolute Gasteiger partial charge is 0.191 e. The maximum absolute atomic E-state index is 4.86. The van der Waals surface area contributed by atoms with Crippen molar-refractivity contribution in [2.24, 2.45) is 4.99 Å². The van der Waals surface area contributed by atoms with Gasteiger partial charge in [0.25, 0.3) is 0 Å². The second kappa shape index (κ2) is 13.6. The standard InChI is InChI=1S/C25H43N5.HI/c1-5-26-25(28-24-13-16-29(17-14-24)20(2)3)27-18-22-9-11-23(12-10-22)19-30-15-7-6-8-21(30)4;/h9-12,20-21,24H,5-8,13-19H2,1-4H3,(H2,26,27,28);1H. The molecule has 1 unspecified atom stereocenters. The summed E-state index contributed by atoms with van der Waals surface area (Å²) in [5.41, 5.74) is 2.69. The summed E-state index contributed by atoms with van der Waals surface area (Å²) in [4.78, 5) is 10.0. The van der Waals surface area contributed by atoms with Gasteiger partial charge in [0.2, 0.25) is 0 Å². The maximum Gasteiger partial charge on any atom is 0.191 e. The van der Waals surface area contributed by atoms with E-state index in [0.717, 1.165) is 25.6 Å². The molecular weight excluding hydrogens is 497 g/mol. The number of benzene rings is 1. The van der Waals surface area contributed by atoms with Crippen LogP contribution in [0.25, 0.3) is 0 Å². The highest BCUT2D eigenvalue weighted by molar-refractivity contribution is 14.0. The lowest BCUT2D eigenvalue weighted by atomic mass is 10.0. The Morgan fingerprint density at radius 2 is 1.71 bits per heavy atom. The predicted octanol–water partition coefficient (Wildman–Crippen LogP) is 4.61. The zero-order valence-electron chi connectivity index (χ0n) is 20.1. The third-order valence-electron chi connectivity index (χ3n) is 6.71. The number of piperidine rings is 2. The minimum absolute atomic E-state index is 0. The molecule has 0 bridgehead atoms. The van der Waals surface area contributed by atoms with Crippen molar-refractivity contribution in [3.8, 4) is 0 Å². The monoisotopic (exact) mass is 541 g/mol. The largest absolute Gasteiger partial charge is 0.357 e. The van der Waals surface area contributed by atoms with Crippen molar-refractivity contribution in [2.75, 3.05) is 26.2 Å². The predicted molar refractivity (Wildman–Crippen MR) is 143 cm³/mol. The van der Waals surface area contributed by atoms with E-state index in [2.05, 4.69) is 72.4 Å². The molecule has 2 heterocycles. The van der Waals surface area contributed by atoms with Crippen LogP contribution in [0.15, 0.2) is 29.3 Å². The van der Waals surface area contributed by atoms with Gasteiger partial charge >= 0.3 is 0 Å². The third kappa shape index (κ3) is 8.54. The molecular formula is C25H44IN5. The quantitative estimate of drug-likeness (QED) is 0.301. The SMILES string of the molecule is CCNC(=NCc1ccc(CN2CCCCC2C)cc1)NC1CCN(C(C)C)CC1.I. The van der Waals surface area contributed by atoms with Gasteiger partial charge in [-0.1, -0.05) is 30.7 Å². The van der Waals surface area contributed by atoms with Gasteiger partial charge in [0.15, 0.2) is 5.96 Å². The summed E-state index contributed by atoms with van der Waals surface area (Å²) < 4.78 is 0. The Kier molecular flexibility index (Phi) is 11.6. The average Bonchev–Trinajstić information content (AvgIpc) is 2.75. The van der Waals surface area contributed by atoms with E-state index < -0.39 is 0 Å². The summed E-state index contributed by atoms with van der Waals surface area (Å²) in [6.45, 7) is 15.3. The second-order valence-electron chi connectivity index (χ2n) is 9.38. The van der Waals surface area contributed by atoms with E-state index in [1.807, 2.05) is 0 Å². The molecule has 2 fully saturated rings. The van der Waals surface area contributed by atoms with Gasteiger partial charge in [-0.05, 0) is 71.0 Å². The van der Waals surface area contributed by atoms with Gasteiger partial charge < -0.3 is 15.5 Å². The molecule has 0 amide bonds. The number of aliphatic imine (C=N–C) groups is 1. The van der Waals surface area contributed by atoms with Crippen LogP contribution in [0.5, 0.6) is 0 Å². The Morgan fingerprint density at radius 1 is 1.03 bits per heavy atom. The number of hydrogen-bond acceptors (Lipinski definition) is 3. The van der Waals surface area contributed by atoms with Gasteiger partial charge in [-0.15, -0.1) is 24.0 Å². The molecule has 1 atom stereocenters. The summed E-state index contributed by atoms with van der Waals surface area (Å²) in [7, 11) is 0. The van der Waals surface area contributed by atoms with Gasteiger partial charge in [-0.2, -0.15) is 0 Å². The van der Waals surface area contributed by atoms with Crippen LogP contribution in [-0.2, 0) is 13.1 Å². The zero-order valence-corrected chi connectivity index (χ0v) is 22.4. The van der Waals surface area contributed by atoms with Crippen molar-refractivity contribution >= 4 is 29.9 Å². The summed E-state index contributed by atoms with van der Waals surface area (Å²) in [6.07, 6.45) is 6.43. The lowest BCUT2D eigenvalue weighted by Gasteiger charge is -2.35. The molecule has 1 aromatic rings. The van der Waals surface area contributed by atoms with Crippen LogP contribution in [-0.4, -0.2) is 60.1 Å². The van der Waals surface area contributed by atoms with Crippen LogP contribution >= 0.6 is 24.0 Å². The van der Waals surface area contributed by atoms with E-state index in [0.29, 0.717) is 18.1 Å². The summed E-state index contributed by atoms with van der Waals surface area (Å²) in [5.74, 6) is 0.951. The van der Waals surface area contributed by atoms with Crippen LogP contribution in [0, 0.1) is 0 Å². The Labute approximate surface area is 207 Å². The lowest BCUT2D eigenvalue weighted by Crippen LogP contribution is -2.49. The van der Waals surface area contributed by atoms with E-state index in [1.54, 1.807) is 0 Å². The molecule has 3 rings (SSSR count). The number of likely N-dealkylation sites (tertiary alicyclic amines) is 2.